The van der Waals surface area contributed by atoms with Crippen LogP contribution in [-0.2, 0) is 10.6 Å². The molecule has 0 radical (unpaired) electrons. The number of aryl methyl sites for hydroxylation is 1. The summed E-state index contributed by atoms with van der Waals surface area (Å²) in [5.74, 6) is -0.0997. The highest BCUT2D eigenvalue weighted by molar-refractivity contribution is 7.96. The molecule has 0 bridgehead atoms. The predicted octanol–water partition coefficient (Wildman–Crippen LogP) is 6.77. The molecule has 1 aliphatic rings. The Morgan fingerprint density at radius 3 is 2.43 bits per heavy atom. The molecule has 1 aliphatic heterocycles. The minimum atomic E-state index is -0.666. The third kappa shape index (κ3) is 5.59. The van der Waals surface area contributed by atoms with Gasteiger partial charge in [-0.25, -0.2) is 9.38 Å². The van der Waals surface area contributed by atoms with Gasteiger partial charge in [0.25, 0.3) is 11.8 Å². The van der Waals surface area contributed by atoms with E-state index in [1.54, 1.807) is 25.2 Å². The van der Waals surface area contributed by atoms with Crippen LogP contribution in [0, 0.1) is 5.82 Å². The van der Waals surface area contributed by atoms with E-state index in [0.29, 0.717) is 57.8 Å². The Kier molecular flexibility index (Phi) is 8.27. The van der Waals surface area contributed by atoms with Gasteiger partial charge in [0.05, 0.1) is 29.8 Å². The maximum atomic E-state index is 13.7. The second-order valence-electron chi connectivity index (χ2n) is 10.4. The van der Waals surface area contributed by atoms with Gasteiger partial charge in [-0.3, -0.25) is 9.59 Å². The summed E-state index contributed by atoms with van der Waals surface area (Å²) in [5.41, 5.74) is 3.52. The molecule has 0 saturated heterocycles. The molecule has 0 aliphatic carbocycles. The van der Waals surface area contributed by atoms with Crippen LogP contribution in [0.1, 0.15) is 54.0 Å². The van der Waals surface area contributed by atoms with Crippen LogP contribution in [0.5, 0.6) is 5.75 Å². The number of amides is 2. The second kappa shape index (κ2) is 11.9. The number of aliphatic imine (C=N–C) groups is 1. The van der Waals surface area contributed by atoms with E-state index in [1.807, 2.05) is 52.0 Å². The summed E-state index contributed by atoms with van der Waals surface area (Å²) in [6.45, 7) is 8.08. The molecule has 2 N–H and O–H groups in total. The molecular weight excluding hydrogens is 557 g/mol. The van der Waals surface area contributed by atoms with Crippen molar-refractivity contribution >= 4 is 41.2 Å². The molecule has 1 atom stereocenters. The van der Waals surface area contributed by atoms with Crippen LogP contribution in [0.15, 0.2) is 64.0 Å². The number of carbonyl (C=O) groups excluding carboxylic acids is 2. The highest BCUT2D eigenvalue weighted by Crippen LogP contribution is 2.41. The molecule has 10 heteroatoms. The van der Waals surface area contributed by atoms with E-state index < -0.39 is 5.54 Å². The van der Waals surface area contributed by atoms with Gasteiger partial charge in [0.1, 0.15) is 22.9 Å². The van der Waals surface area contributed by atoms with E-state index in [1.165, 1.54) is 30.6 Å². The Labute approximate surface area is 247 Å². The third-order valence-corrected chi connectivity index (χ3v) is 8.23. The molecule has 0 fully saturated rings. The number of fused-ring (bicyclic) bond motifs is 1. The first-order valence-corrected chi connectivity index (χ1v) is 14.5. The normalized spacial score (nSPS) is 14.6. The molecular formula is C32H32FN3O5S. The van der Waals surface area contributed by atoms with Crippen LogP contribution in [-0.4, -0.2) is 42.8 Å². The number of furan rings is 1. The zero-order valence-corrected chi connectivity index (χ0v) is 24.9. The number of rotatable bonds is 9. The number of nitrogens with zero attached hydrogens (tertiary/aromatic N) is 1. The lowest BCUT2D eigenvalue weighted by atomic mass is 9.94. The molecule has 3 aromatic carbocycles. The Morgan fingerprint density at radius 2 is 1.79 bits per heavy atom. The van der Waals surface area contributed by atoms with Gasteiger partial charge in [-0.15, -0.1) is 0 Å². The number of nitrogens with one attached hydrogen (secondary N) is 2. The summed E-state index contributed by atoms with van der Waals surface area (Å²) < 4.78 is 31.1. The van der Waals surface area contributed by atoms with Crippen LogP contribution in [0.25, 0.3) is 33.4 Å². The lowest BCUT2D eigenvalue weighted by molar-refractivity contribution is 0.0910. The SMILES string of the molecule is CCOc1cc2oc(-c3ccc(F)cc3)c(C(=O)NC)c2cc1-c1ccc(CC)c(C(=O)NC(C)(C)C2N=COS2)c1. The average molecular weight is 590 g/mol. The molecule has 218 valence electrons. The Hall–Kier alpha value is -4.31. The number of ether oxygens (including phenoxy) is 1. The van der Waals surface area contributed by atoms with Gasteiger partial charge in [0.2, 0.25) is 0 Å². The van der Waals surface area contributed by atoms with E-state index in [2.05, 4.69) is 15.6 Å². The first-order chi connectivity index (χ1) is 20.2. The van der Waals surface area contributed by atoms with Crippen molar-refractivity contribution in [2.75, 3.05) is 13.7 Å². The van der Waals surface area contributed by atoms with Crippen LogP contribution in [0.4, 0.5) is 4.39 Å². The standard InChI is InChI=1S/C32H32FN3O5S/c1-6-18-8-9-20(14-23(18)29(37)36-32(3,4)31-35-17-40-42-31)22-15-24-26(16-25(22)39-7-2)41-28(27(24)30(38)34-5)19-10-12-21(33)13-11-19/h8-17,31H,6-7H2,1-5H3,(H,34,38)(H,36,37). The summed E-state index contributed by atoms with van der Waals surface area (Å²) in [6, 6.07) is 15.1. The number of halogens is 1. The zero-order chi connectivity index (χ0) is 30.0. The van der Waals surface area contributed by atoms with Crippen molar-refractivity contribution in [1.29, 1.82) is 0 Å². The summed E-state index contributed by atoms with van der Waals surface area (Å²) in [5, 5.41) is 6.09. The van der Waals surface area contributed by atoms with Crippen LogP contribution >= 0.6 is 12.0 Å². The van der Waals surface area contributed by atoms with Crippen molar-refractivity contribution in [1.82, 2.24) is 10.6 Å². The first-order valence-electron chi connectivity index (χ1n) is 13.7. The van der Waals surface area contributed by atoms with Gasteiger partial charge in [-0.05, 0) is 74.7 Å². The summed E-state index contributed by atoms with van der Waals surface area (Å²) >= 11 is 1.20. The molecule has 4 aromatic rings. The Bertz CT molecular complexity index is 1680. The number of carbonyl (C=O) groups is 2. The van der Waals surface area contributed by atoms with Gasteiger partial charge in [0, 0.05) is 35.2 Å². The molecule has 42 heavy (non-hydrogen) atoms. The second-order valence-corrected chi connectivity index (χ2v) is 11.2. The quantitative estimate of drug-likeness (QED) is 0.209. The van der Waals surface area contributed by atoms with Crippen molar-refractivity contribution < 1.29 is 27.3 Å². The van der Waals surface area contributed by atoms with Crippen LogP contribution in [0.2, 0.25) is 0 Å². The fourth-order valence-corrected chi connectivity index (χ4v) is 5.56. The molecule has 5 rings (SSSR count). The molecule has 1 aromatic heterocycles. The van der Waals surface area contributed by atoms with Gasteiger partial charge in [-0.1, -0.05) is 19.1 Å². The van der Waals surface area contributed by atoms with E-state index >= 15 is 0 Å². The van der Waals surface area contributed by atoms with E-state index in [4.69, 9.17) is 13.3 Å². The molecule has 0 saturated carbocycles. The van der Waals surface area contributed by atoms with Crippen molar-refractivity contribution in [3.05, 3.63) is 77.1 Å². The number of hydrogen-bond acceptors (Lipinski definition) is 7. The van der Waals surface area contributed by atoms with E-state index in [-0.39, 0.29) is 23.0 Å². The maximum absolute atomic E-state index is 13.7. The predicted molar refractivity (Wildman–Crippen MR) is 163 cm³/mol. The maximum Gasteiger partial charge on any atom is 0.255 e. The van der Waals surface area contributed by atoms with Crippen molar-refractivity contribution in [3.8, 4) is 28.2 Å². The topological polar surface area (TPSA) is 102 Å². The lowest BCUT2D eigenvalue weighted by Gasteiger charge is -2.29. The van der Waals surface area contributed by atoms with Crippen molar-refractivity contribution in [2.24, 2.45) is 4.99 Å². The minimum Gasteiger partial charge on any atom is -0.493 e. The van der Waals surface area contributed by atoms with Crippen LogP contribution in [0.3, 0.4) is 0 Å². The van der Waals surface area contributed by atoms with Crippen LogP contribution < -0.4 is 15.4 Å². The van der Waals surface area contributed by atoms with E-state index in [0.717, 1.165) is 11.1 Å². The average Bonchev–Trinajstić information content (AvgIpc) is 3.66. The van der Waals surface area contributed by atoms with E-state index in [9.17, 15) is 14.0 Å². The first kappa shape index (κ1) is 29.2. The lowest BCUT2D eigenvalue weighted by Crippen LogP contribution is -2.49. The molecule has 2 heterocycles. The molecule has 1 unspecified atom stereocenters. The number of hydrogen-bond donors (Lipinski definition) is 2. The number of benzene rings is 3. The summed E-state index contributed by atoms with van der Waals surface area (Å²) in [7, 11) is 1.54. The van der Waals surface area contributed by atoms with Crippen molar-refractivity contribution in [2.45, 2.75) is 45.0 Å². The highest BCUT2D eigenvalue weighted by Gasteiger charge is 2.35. The van der Waals surface area contributed by atoms with Crippen molar-refractivity contribution in [3.63, 3.8) is 0 Å². The molecule has 8 nitrogen and oxygen atoms in total. The fourth-order valence-electron chi connectivity index (χ4n) is 4.95. The van der Waals surface area contributed by atoms with Gasteiger partial charge >= 0.3 is 0 Å². The summed E-state index contributed by atoms with van der Waals surface area (Å²) in [6.07, 6.45) is 2.04. The minimum absolute atomic E-state index is 0.228. The Morgan fingerprint density at radius 1 is 1.05 bits per heavy atom. The summed E-state index contributed by atoms with van der Waals surface area (Å²) in [4.78, 5) is 31.1. The smallest absolute Gasteiger partial charge is 0.255 e. The zero-order valence-electron chi connectivity index (χ0n) is 24.0. The molecule has 0 spiro atoms. The van der Waals surface area contributed by atoms with Gasteiger partial charge in [-0.2, -0.15) is 0 Å². The fraction of sp³-hybridized carbons (Fsp3) is 0.281. The van der Waals surface area contributed by atoms with Gasteiger partial charge < -0.3 is 24.0 Å². The largest absolute Gasteiger partial charge is 0.493 e. The molecule has 2 amide bonds. The highest BCUT2D eigenvalue weighted by atomic mass is 32.2. The monoisotopic (exact) mass is 589 g/mol. The Balaban J connectivity index is 1.64. The van der Waals surface area contributed by atoms with Gasteiger partial charge in [0.15, 0.2) is 11.8 Å². The third-order valence-electron chi connectivity index (χ3n) is 7.14.